The van der Waals surface area contributed by atoms with Gasteiger partial charge in [-0.25, -0.2) is 4.39 Å². The first-order valence-corrected chi connectivity index (χ1v) is 8.23. The van der Waals surface area contributed by atoms with Crippen molar-refractivity contribution >= 4 is 35.0 Å². The molecule has 0 radical (unpaired) electrons. The predicted octanol–water partition coefficient (Wildman–Crippen LogP) is 4.13. The van der Waals surface area contributed by atoms with Crippen molar-refractivity contribution in [3.05, 3.63) is 22.7 Å². The molecule has 3 nitrogen and oxygen atoms in total. The molecular weight excluding hydrogens is 295 g/mol. The molecule has 1 N–H and O–H groups in total. The lowest BCUT2D eigenvalue weighted by molar-refractivity contribution is 0.323. The van der Waals surface area contributed by atoms with Gasteiger partial charge in [-0.15, -0.1) is 0 Å². The number of rotatable bonds is 4. The van der Waals surface area contributed by atoms with Gasteiger partial charge in [0, 0.05) is 23.4 Å². The average Bonchev–Trinajstić information content (AvgIpc) is 2.67. The summed E-state index contributed by atoms with van der Waals surface area (Å²) < 4.78 is 21.8. The van der Waals surface area contributed by atoms with Crippen LogP contribution in [0.1, 0.15) is 19.3 Å². The third-order valence-electron chi connectivity index (χ3n) is 4.19. The maximum absolute atomic E-state index is 13.7. The smallest absolute Gasteiger partial charge is 0.178 e. The van der Waals surface area contributed by atoms with Gasteiger partial charge in [-0.3, -0.25) is 0 Å². The second kappa shape index (κ2) is 5.07. The fourth-order valence-electron chi connectivity index (χ4n) is 2.76. The minimum Gasteiger partial charge on any atom is -0.494 e. The van der Waals surface area contributed by atoms with Gasteiger partial charge >= 0.3 is 0 Å². The summed E-state index contributed by atoms with van der Waals surface area (Å²) in [4.78, 5) is 3.09. The van der Waals surface area contributed by atoms with Crippen LogP contribution in [0.15, 0.2) is 12.1 Å². The summed E-state index contributed by atoms with van der Waals surface area (Å²) in [7, 11) is 1.48. The molecule has 1 aromatic carbocycles. The van der Waals surface area contributed by atoms with E-state index in [0.717, 1.165) is 17.6 Å². The number of H-pyrrole nitrogens is 1. The third-order valence-corrected chi connectivity index (χ3v) is 5.92. The van der Waals surface area contributed by atoms with Gasteiger partial charge in [-0.1, -0.05) is 6.42 Å². The van der Waals surface area contributed by atoms with E-state index in [1.54, 1.807) is 6.07 Å². The largest absolute Gasteiger partial charge is 0.494 e. The van der Waals surface area contributed by atoms with Crippen LogP contribution in [0.5, 0.6) is 5.75 Å². The molecule has 1 heterocycles. The van der Waals surface area contributed by atoms with Gasteiger partial charge < -0.3 is 14.3 Å². The van der Waals surface area contributed by atoms with Gasteiger partial charge in [0.1, 0.15) is 0 Å². The molecule has 0 bridgehead atoms. The maximum atomic E-state index is 13.7. The quantitative estimate of drug-likeness (QED) is 0.861. The van der Waals surface area contributed by atoms with Crippen molar-refractivity contribution in [1.82, 2.24) is 9.55 Å². The Morgan fingerprint density at radius 3 is 2.80 bits per heavy atom. The number of nitrogens with zero attached hydrogens (tertiary/aromatic N) is 1. The SMILES string of the molecule is COc1cc2c(cc1F)[nH]c(=S)n2CC1(SC)CCC1. The normalized spacial score (nSPS) is 17.1. The monoisotopic (exact) mass is 312 g/mol. The van der Waals surface area contributed by atoms with E-state index in [1.165, 1.54) is 32.4 Å². The van der Waals surface area contributed by atoms with Crippen LogP contribution < -0.4 is 4.74 Å². The number of fused-ring (bicyclic) bond motifs is 1. The van der Waals surface area contributed by atoms with E-state index >= 15 is 0 Å². The molecule has 0 aliphatic heterocycles. The van der Waals surface area contributed by atoms with E-state index in [0.29, 0.717) is 4.77 Å². The number of hydrogen-bond donors (Lipinski definition) is 1. The molecular formula is C14H17FN2OS2. The molecule has 0 unspecified atom stereocenters. The molecule has 1 fully saturated rings. The molecule has 1 aromatic heterocycles. The van der Waals surface area contributed by atoms with Crippen molar-refractivity contribution in [3.63, 3.8) is 0 Å². The molecule has 108 valence electrons. The Balaban J connectivity index is 2.10. The summed E-state index contributed by atoms with van der Waals surface area (Å²) >= 11 is 7.30. The molecule has 2 aromatic rings. The highest BCUT2D eigenvalue weighted by atomic mass is 32.2. The number of aromatic amines is 1. The zero-order chi connectivity index (χ0) is 14.3. The highest BCUT2D eigenvalue weighted by Crippen LogP contribution is 2.44. The van der Waals surface area contributed by atoms with Crippen LogP contribution in [-0.2, 0) is 6.54 Å². The summed E-state index contributed by atoms with van der Waals surface area (Å²) in [6.07, 6.45) is 5.84. The molecule has 0 saturated heterocycles. The summed E-state index contributed by atoms with van der Waals surface area (Å²) in [5.41, 5.74) is 1.64. The minimum atomic E-state index is -0.369. The van der Waals surface area contributed by atoms with Crippen LogP contribution in [0, 0.1) is 10.6 Å². The molecule has 1 aliphatic rings. The zero-order valence-electron chi connectivity index (χ0n) is 11.5. The highest BCUT2D eigenvalue weighted by Gasteiger charge is 2.37. The lowest BCUT2D eigenvalue weighted by Crippen LogP contribution is -2.37. The topological polar surface area (TPSA) is 29.9 Å². The predicted molar refractivity (Wildman–Crippen MR) is 83.7 cm³/mol. The van der Waals surface area contributed by atoms with Crippen molar-refractivity contribution in [3.8, 4) is 5.75 Å². The molecule has 0 atom stereocenters. The van der Waals surface area contributed by atoms with E-state index in [4.69, 9.17) is 17.0 Å². The van der Waals surface area contributed by atoms with Crippen LogP contribution in [0.3, 0.4) is 0 Å². The van der Waals surface area contributed by atoms with E-state index in [1.807, 2.05) is 11.8 Å². The van der Waals surface area contributed by atoms with Crippen molar-refractivity contribution in [2.24, 2.45) is 0 Å². The van der Waals surface area contributed by atoms with Crippen LogP contribution in [-0.4, -0.2) is 27.7 Å². The fraction of sp³-hybridized carbons (Fsp3) is 0.500. The number of halogens is 1. The Labute approximate surface area is 126 Å². The number of imidazole rings is 1. The summed E-state index contributed by atoms with van der Waals surface area (Å²) in [6, 6.07) is 3.18. The van der Waals surface area contributed by atoms with Gasteiger partial charge in [-0.05, 0) is 31.3 Å². The first-order chi connectivity index (χ1) is 9.58. The molecule has 0 spiro atoms. The minimum absolute atomic E-state index is 0.257. The van der Waals surface area contributed by atoms with Crippen LogP contribution in [0.2, 0.25) is 0 Å². The van der Waals surface area contributed by atoms with Crippen molar-refractivity contribution in [2.75, 3.05) is 13.4 Å². The Bertz CT molecular complexity index is 697. The van der Waals surface area contributed by atoms with Gasteiger partial charge in [-0.2, -0.15) is 11.8 Å². The number of methoxy groups -OCH3 is 1. The Hall–Kier alpha value is -1.01. The number of nitrogens with one attached hydrogen (secondary N) is 1. The van der Waals surface area contributed by atoms with Crippen molar-refractivity contribution in [2.45, 2.75) is 30.6 Å². The van der Waals surface area contributed by atoms with E-state index in [9.17, 15) is 4.39 Å². The van der Waals surface area contributed by atoms with Gasteiger partial charge in [0.2, 0.25) is 0 Å². The standard InChI is InChI=1S/C14H17FN2OS2/c1-18-12-7-11-10(6-9(12)15)16-13(19)17(11)8-14(20-2)4-3-5-14/h6-7H,3-5,8H2,1-2H3,(H,16,19). The van der Waals surface area contributed by atoms with Gasteiger partial charge in [0.15, 0.2) is 16.3 Å². The average molecular weight is 312 g/mol. The van der Waals surface area contributed by atoms with Crippen molar-refractivity contribution < 1.29 is 9.13 Å². The third kappa shape index (κ3) is 2.15. The maximum Gasteiger partial charge on any atom is 0.178 e. The summed E-state index contributed by atoms with van der Waals surface area (Å²) in [5, 5.41) is 0. The van der Waals surface area contributed by atoms with E-state index in [-0.39, 0.29) is 16.3 Å². The lowest BCUT2D eigenvalue weighted by atomic mass is 9.84. The van der Waals surface area contributed by atoms with E-state index in [2.05, 4.69) is 15.8 Å². The second-order valence-corrected chi connectivity index (χ2v) is 6.92. The summed E-state index contributed by atoms with van der Waals surface area (Å²) in [5.74, 6) is -0.112. The summed E-state index contributed by atoms with van der Waals surface area (Å²) in [6.45, 7) is 0.863. The number of benzene rings is 1. The van der Waals surface area contributed by atoms with Crippen LogP contribution >= 0.6 is 24.0 Å². The number of thioether (sulfide) groups is 1. The molecule has 6 heteroatoms. The van der Waals surface area contributed by atoms with E-state index < -0.39 is 0 Å². The Morgan fingerprint density at radius 1 is 1.50 bits per heavy atom. The Kier molecular flexibility index (Phi) is 3.54. The Morgan fingerprint density at radius 2 is 2.25 bits per heavy atom. The molecule has 1 aliphatic carbocycles. The second-order valence-electron chi connectivity index (χ2n) is 5.26. The first-order valence-electron chi connectivity index (χ1n) is 6.60. The lowest BCUT2D eigenvalue weighted by Gasteiger charge is -2.40. The van der Waals surface area contributed by atoms with Gasteiger partial charge in [0.05, 0.1) is 18.1 Å². The number of ether oxygens (including phenoxy) is 1. The van der Waals surface area contributed by atoms with Crippen LogP contribution in [0.25, 0.3) is 11.0 Å². The molecule has 20 heavy (non-hydrogen) atoms. The van der Waals surface area contributed by atoms with Crippen molar-refractivity contribution in [1.29, 1.82) is 0 Å². The zero-order valence-corrected chi connectivity index (χ0v) is 13.2. The molecule has 0 amide bonds. The number of hydrogen-bond acceptors (Lipinski definition) is 3. The van der Waals surface area contributed by atoms with Gasteiger partial charge in [0.25, 0.3) is 0 Å². The van der Waals surface area contributed by atoms with Crippen LogP contribution in [0.4, 0.5) is 4.39 Å². The molecule has 1 saturated carbocycles. The first kappa shape index (κ1) is 13.9. The molecule has 3 rings (SSSR count). The highest BCUT2D eigenvalue weighted by molar-refractivity contribution is 8.00. The number of aromatic nitrogens is 2. The fourth-order valence-corrected chi connectivity index (χ4v) is 3.99.